The number of ether oxygens (including phenoxy) is 1. The number of hydrogen-bond acceptors (Lipinski definition) is 6. The van der Waals surface area contributed by atoms with Crippen molar-refractivity contribution in [2.24, 2.45) is 0 Å². The summed E-state index contributed by atoms with van der Waals surface area (Å²) < 4.78 is 6.33. The van der Waals surface area contributed by atoms with E-state index in [9.17, 15) is 4.79 Å². The van der Waals surface area contributed by atoms with Gasteiger partial charge in [0.1, 0.15) is 5.69 Å². The molecule has 168 valence electrons. The van der Waals surface area contributed by atoms with Gasteiger partial charge in [0.2, 0.25) is 0 Å². The van der Waals surface area contributed by atoms with Crippen LogP contribution in [0.3, 0.4) is 0 Å². The van der Waals surface area contributed by atoms with Crippen molar-refractivity contribution in [2.75, 3.05) is 38.0 Å². The number of carbonyl (C=O) groups is 1. The maximum Gasteiger partial charge on any atom is 0.360 e. The Kier molecular flexibility index (Phi) is 3.53. The van der Waals surface area contributed by atoms with Gasteiger partial charge in [-0.3, -0.25) is 0 Å². The quantitative estimate of drug-likeness (QED) is 0.436. The Morgan fingerprint density at radius 3 is 1.94 bits per heavy atom. The molecular weight excluding hydrogens is 424 g/mol. The van der Waals surface area contributed by atoms with Gasteiger partial charge in [-0.1, -0.05) is 36.4 Å². The lowest BCUT2D eigenvalue weighted by Crippen LogP contribution is -2.25. The lowest BCUT2D eigenvalue weighted by molar-refractivity contribution is 0.0237. The molecule has 3 aromatic carbocycles. The first-order chi connectivity index (χ1) is 16.4. The van der Waals surface area contributed by atoms with E-state index < -0.39 is 11.0 Å². The molecule has 0 N–H and O–H groups in total. The van der Waals surface area contributed by atoms with Gasteiger partial charge in [-0.15, -0.1) is 0 Å². The highest BCUT2D eigenvalue weighted by molar-refractivity contribution is 5.99. The summed E-state index contributed by atoms with van der Waals surface area (Å²) in [4.78, 5) is 27.0. The number of esters is 1. The Bertz CT molecular complexity index is 1460. The molecule has 0 amide bonds. The van der Waals surface area contributed by atoms with E-state index in [1.54, 1.807) is 0 Å². The van der Waals surface area contributed by atoms with E-state index in [1.165, 1.54) is 0 Å². The summed E-state index contributed by atoms with van der Waals surface area (Å²) in [6, 6.07) is 23.3. The Morgan fingerprint density at radius 1 is 0.794 bits per heavy atom. The van der Waals surface area contributed by atoms with Crippen LogP contribution in [0, 0.1) is 0 Å². The first kappa shape index (κ1) is 19.5. The summed E-state index contributed by atoms with van der Waals surface area (Å²) in [7, 11) is 8.14. The molecule has 0 radical (unpaired) electrons. The summed E-state index contributed by atoms with van der Waals surface area (Å²) >= 11 is 0. The van der Waals surface area contributed by atoms with Gasteiger partial charge in [-0.25, -0.2) is 14.8 Å². The molecule has 8 rings (SSSR count). The van der Waals surface area contributed by atoms with Gasteiger partial charge in [0.15, 0.2) is 11.3 Å². The number of benzene rings is 3. The van der Waals surface area contributed by atoms with Crippen molar-refractivity contribution < 1.29 is 9.53 Å². The molecule has 3 aliphatic heterocycles. The monoisotopic (exact) mass is 448 g/mol. The fourth-order valence-corrected chi connectivity index (χ4v) is 6.31. The van der Waals surface area contributed by atoms with Crippen LogP contribution in [-0.2, 0) is 15.8 Å². The van der Waals surface area contributed by atoms with Crippen LogP contribution in [0.1, 0.15) is 38.8 Å². The minimum Gasteiger partial charge on any atom is -0.446 e. The van der Waals surface area contributed by atoms with Gasteiger partial charge in [-0.05, 0) is 47.0 Å². The fraction of sp³-hybridized carbons (Fsp3) is 0.250. The molecular formula is C28H24N4O2. The van der Waals surface area contributed by atoms with Gasteiger partial charge in [0, 0.05) is 39.6 Å². The zero-order valence-corrected chi connectivity index (χ0v) is 19.5. The van der Waals surface area contributed by atoms with Gasteiger partial charge in [0.25, 0.3) is 0 Å². The predicted molar refractivity (Wildman–Crippen MR) is 132 cm³/mol. The average Bonchev–Trinajstić information content (AvgIpc) is 3.38. The standard InChI is InChI=1S/C28H24N4O2/c1-31(2)18-12-8-16(9-13-18)27(17-10-14-19(15-11-17)32(3)4)24-20-6-5-7-21-22(20)30-23-25(29-21)28(24,27)34-26(23)33/h5-15,24H,1-4H3. The van der Waals surface area contributed by atoms with Crippen molar-refractivity contribution in [2.45, 2.75) is 16.9 Å². The lowest BCUT2D eigenvalue weighted by Gasteiger charge is -2.25. The molecule has 1 saturated carbocycles. The highest BCUT2D eigenvalue weighted by atomic mass is 16.6. The molecule has 1 fully saturated rings. The van der Waals surface area contributed by atoms with Gasteiger partial charge in [-0.2, -0.15) is 0 Å². The number of aromatic nitrogens is 2. The van der Waals surface area contributed by atoms with Crippen molar-refractivity contribution >= 4 is 28.4 Å². The molecule has 4 heterocycles. The van der Waals surface area contributed by atoms with Crippen molar-refractivity contribution in [1.29, 1.82) is 0 Å². The minimum atomic E-state index is -0.899. The second kappa shape index (κ2) is 6.14. The normalized spacial score (nSPS) is 22.5. The van der Waals surface area contributed by atoms with Crippen LogP contribution in [0.2, 0.25) is 0 Å². The van der Waals surface area contributed by atoms with Crippen molar-refractivity contribution in [3.05, 3.63) is 94.8 Å². The molecule has 6 nitrogen and oxygen atoms in total. The first-order valence-electron chi connectivity index (χ1n) is 11.5. The van der Waals surface area contributed by atoms with Crippen molar-refractivity contribution in [3.8, 4) is 0 Å². The third-order valence-electron chi connectivity index (χ3n) is 7.86. The van der Waals surface area contributed by atoms with Crippen LogP contribution in [0.4, 0.5) is 11.4 Å². The zero-order valence-electron chi connectivity index (χ0n) is 19.5. The topological polar surface area (TPSA) is 58.6 Å². The molecule has 2 atom stereocenters. The predicted octanol–water partition coefficient (Wildman–Crippen LogP) is 4.22. The largest absolute Gasteiger partial charge is 0.446 e. The Balaban J connectivity index is 1.54. The zero-order chi connectivity index (χ0) is 23.4. The van der Waals surface area contributed by atoms with E-state index in [2.05, 4.69) is 64.4 Å². The third-order valence-corrected chi connectivity index (χ3v) is 7.86. The molecule has 4 aromatic rings. The second-order valence-corrected chi connectivity index (χ2v) is 9.88. The van der Waals surface area contributed by atoms with Crippen LogP contribution in [0.25, 0.3) is 11.0 Å². The highest BCUT2D eigenvalue weighted by Crippen LogP contribution is 2.81. The van der Waals surface area contributed by atoms with E-state index in [0.29, 0.717) is 11.4 Å². The summed E-state index contributed by atoms with van der Waals surface area (Å²) in [5, 5.41) is 0. The number of carbonyl (C=O) groups excluding carboxylic acids is 1. The number of para-hydroxylation sites is 1. The molecule has 34 heavy (non-hydrogen) atoms. The minimum absolute atomic E-state index is 0.0979. The van der Waals surface area contributed by atoms with Crippen LogP contribution in [-0.4, -0.2) is 44.1 Å². The average molecular weight is 449 g/mol. The van der Waals surface area contributed by atoms with E-state index >= 15 is 0 Å². The Labute approximate surface area is 197 Å². The summed E-state index contributed by atoms with van der Waals surface area (Å²) in [5.41, 5.74) is 6.74. The molecule has 4 aliphatic rings. The SMILES string of the molecule is CN(C)c1ccc(C2(c3ccc(N(C)C)cc3)C3c4cccc5nc6c(nc45)C(=O)OC632)cc1. The van der Waals surface area contributed by atoms with Gasteiger partial charge in [0.05, 0.1) is 22.4 Å². The first-order valence-corrected chi connectivity index (χ1v) is 11.5. The fourth-order valence-electron chi connectivity index (χ4n) is 6.31. The van der Waals surface area contributed by atoms with Crippen LogP contribution in [0.15, 0.2) is 66.7 Å². The third kappa shape index (κ3) is 2.05. The summed E-state index contributed by atoms with van der Waals surface area (Å²) in [6.07, 6.45) is 0. The Morgan fingerprint density at radius 2 is 1.38 bits per heavy atom. The number of anilines is 2. The van der Waals surface area contributed by atoms with E-state index in [1.807, 2.05) is 40.3 Å². The highest BCUT2D eigenvalue weighted by Gasteiger charge is 2.86. The number of hydrogen-bond donors (Lipinski definition) is 0. The smallest absolute Gasteiger partial charge is 0.360 e. The summed E-state index contributed by atoms with van der Waals surface area (Å²) in [5.74, 6) is -0.472. The number of nitrogens with zero attached hydrogens (tertiary/aromatic N) is 4. The van der Waals surface area contributed by atoms with Crippen LogP contribution >= 0.6 is 0 Å². The maximum atomic E-state index is 13.1. The van der Waals surface area contributed by atoms with E-state index in [0.717, 1.165) is 39.1 Å². The molecule has 1 aliphatic carbocycles. The molecule has 0 saturated heterocycles. The molecule has 2 unspecified atom stereocenters. The molecule has 1 aromatic heterocycles. The lowest BCUT2D eigenvalue weighted by atomic mass is 9.81. The maximum absolute atomic E-state index is 13.1. The Hall–Kier alpha value is -3.93. The molecule has 6 bridgehead atoms. The molecule has 6 heteroatoms. The van der Waals surface area contributed by atoms with Crippen molar-refractivity contribution in [3.63, 3.8) is 0 Å². The van der Waals surface area contributed by atoms with Gasteiger partial charge < -0.3 is 14.5 Å². The summed E-state index contributed by atoms with van der Waals surface area (Å²) in [6.45, 7) is 0. The second-order valence-electron chi connectivity index (χ2n) is 9.88. The van der Waals surface area contributed by atoms with Crippen LogP contribution in [0.5, 0.6) is 0 Å². The van der Waals surface area contributed by atoms with Crippen molar-refractivity contribution in [1.82, 2.24) is 9.97 Å². The van der Waals surface area contributed by atoms with Gasteiger partial charge >= 0.3 is 5.97 Å². The number of rotatable bonds is 4. The van der Waals surface area contributed by atoms with E-state index in [4.69, 9.17) is 14.7 Å². The van der Waals surface area contributed by atoms with E-state index in [-0.39, 0.29) is 11.9 Å². The molecule has 1 spiro atoms. The van der Waals surface area contributed by atoms with Crippen LogP contribution < -0.4 is 9.80 Å².